The normalized spacial score (nSPS) is 16.8. The Balaban J connectivity index is 1.57. The van der Waals surface area contributed by atoms with Crippen LogP contribution in [0.1, 0.15) is 36.8 Å². The first-order chi connectivity index (χ1) is 14.0. The standard InChI is InChI=1S/C20H20F3N5O/c21-20(22,23)13-10-24-17-15(13)18(25-12-5-1-2-6-12)28-19(27-17)26-14-7-3-4-11-8-9-29-16(11)14/h3-4,7,10,12H,1-2,5-6,8-9H2,(H3,24,25,26,27,28). The van der Waals surface area contributed by atoms with Crippen molar-refractivity contribution in [2.45, 2.75) is 44.3 Å². The van der Waals surface area contributed by atoms with E-state index >= 15 is 0 Å². The Kier molecular flexibility index (Phi) is 4.25. The molecule has 3 heterocycles. The molecule has 0 spiro atoms. The first-order valence-electron chi connectivity index (χ1n) is 9.73. The molecule has 9 heteroatoms. The third kappa shape index (κ3) is 3.34. The van der Waals surface area contributed by atoms with Crippen molar-refractivity contribution in [2.24, 2.45) is 0 Å². The lowest BCUT2D eigenvalue weighted by Crippen LogP contribution is -2.17. The number of aromatic amines is 1. The lowest BCUT2D eigenvalue weighted by atomic mass is 10.1. The Morgan fingerprint density at radius 2 is 1.97 bits per heavy atom. The number of halogens is 3. The summed E-state index contributed by atoms with van der Waals surface area (Å²) in [5.41, 5.74) is 1.17. The van der Waals surface area contributed by atoms with E-state index in [0.717, 1.165) is 49.6 Å². The van der Waals surface area contributed by atoms with Crippen LogP contribution in [0.2, 0.25) is 0 Å². The highest BCUT2D eigenvalue weighted by Gasteiger charge is 2.36. The zero-order valence-corrected chi connectivity index (χ0v) is 15.6. The second-order valence-electron chi connectivity index (χ2n) is 7.46. The quantitative estimate of drug-likeness (QED) is 0.571. The van der Waals surface area contributed by atoms with E-state index in [9.17, 15) is 13.2 Å². The Hall–Kier alpha value is -2.97. The molecule has 3 N–H and O–H groups in total. The van der Waals surface area contributed by atoms with Gasteiger partial charge in [0.1, 0.15) is 17.2 Å². The van der Waals surface area contributed by atoms with E-state index in [1.54, 1.807) is 0 Å². The highest BCUT2D eigenvalue weighted by Crippen LogP contribution is 2.39. The zero-order chi connectivity index (χ0) is 20.0. The molecule has 1 aliphatic heterocycles. The summed E-state index contributed by atoms with van der Waals surface area (Å²) in [6.45, 7) is 0.605. The SMILES string of the molecule is FC(F)(F)c1c[nH]c2nc(Nc3cccc4c3OCC4)nc(NC3CCCC3)c12. The van der Waals surface area contributed by atoms with Crippen LogP contribution in [-0.2, 0) is 12.6 Å². The third-order valence-electron chi connectivity index (χ3n) is 5.49. The Labute approximate surface area is 164 Å². The van der Waals surface area contributed by atoms with Crippen LogP contribution in [0.3, 0.4) is 0 Å². The van der Waals surface area contributed by atoms with Gasteiger partial charge in [-0.25, -0.2) is 0 Å². The van der Waals surface area contributed by atoms with Crippen LogP contribution in [0.4, 0.5) is 30.6 Å². The number of anilines is 3. The van der Waals surface area contributed by atoms with Crippen LogP contribution in [-0.4, -0.2) is 27.6 Å². The van der Waals surface area contributed by atoms with Gasteiger partial charge >= 0.3 is 6.18 Å². The fraction of sp³-hybridized carbons (Fsp3) is 0.400. The van der Waals surface area contributed by atoms with Gasteiger partial charge in [0.15, 0.2) is 0 Å². The average molecular weight is 403 g/mol. The summed E-state index contributed by atoms with van der Waals surface area (Å²) in [4.78, 5) is 11.4. The number of hydrogen-bond donors (Lipinski definition) is 3. The molecular formula is C20H20F3N5O. The number of H-pyrrole nitrogens is 1. The Morgan fingerprint density at radius 1 is 1.14 bits per heavy atom. The van der Waals surface area contributed by atoms with Crippen molar-refractivity contribution in [3.05, 3.63) is 35.5 Å². The van der Waals surface area contributed by atoms with Crippen LogP contribution >= 0.6 is 0 Å². The first-order valence-corrected chi connectivity index (χ1v) is 9.73. The van der Waals surface area contributed by atoms with Crippen molar-refractivity contribution >= 4 is 28.5 Å². The van der Waals surface area contributed by atoms with Gasteiger partial charge in [-0.1, -0.05) is 25.0 Å². The van der Waals surface area contributed by atoms with Crippen molar-refractivity contribution < 1.29 is 17.9 Å². The predicted molar refractivity (Wildman–Crippen MR) is 104 cm³/mol. The van der Waals surface area contributed by atoms with Gasteiger partial charge in [0.05, 0.1) is 23.2 Å². The molecule has 0 bridgehead atoms. The fourth-order valence-electron chi connectivity index (χ4n) is 4.11. The number of ether oxygens (including phenoxy) is 1. The van der Waals surface area contributed by atoms with E-state index < -0.39 is 11.7 Å². The van der Waals surface area contributed by atoms with Crippen molar-refractivity contribution in [1.82, 2.24) is 15.0 Å². The number of rotatable bonds is 4. The number of para-hydroxylation sites is 1. The largest absolute Gasteiger partial charge is 0.491 e. The van der Waals surface area contributed by atoms with E-state index in [-0.39, 0.29) is 28.8 Å². The van der Waals surface area contributed by atoms with Crippen molar-refractivity contribution in [3.63, 3.8) is 0 Å². The molecule has 1 saturated carbocycles. The molecule has 0 saturated heterocycles. The van der Waals surface area contributed by atoms with Crippen molar-refractivity contribution in [3.8, 4) is 5.75 Å². The van der Waals surface area contributed by atoms with Gasteiger partial charge < -0.3 is 20.4 Å². The van der Waals surface area contributed by atoms with Gasteiger partial charge in [0, 0.05) is 18.7 Å². The summed E-state index contributed by atoms with van der Waals surface area (Å²) in [6, 6.07) is 5.85. The lowest BCUT2D eigenvalue weighted by molar-refractivity contribution is -0.136. The van der Waals surface area contributed by atoms with Gasteiger partial charge in [-0.05, 0) is 24.5 Å². The maximum absolute atomic E-state index is 13.5. The van der Waals surface area contributed by atoms with Crippen LogP contribution in [0.5, 0.6) is 5.75 Å². The summed E-state index contributed by atoms with van der Waals surface area (Å²) in [6.07, 6.45) is 1.24. The lowest BCUT2D eigenvalue weighted by Gasteiger charge is -2.16. The zero-order valence-electron chi connectivity index (χ0n) is 15.6. The molecule has 152 valence electrons. The molecule has 0 atom stereocenters. The van der Waals surface area contributed by atoms with Gasteiger partial charge in [-0.3, -0.25) is 0 Å². The van der Waals surface area contributed by atoms with Crippen LogP contribution < -0.4 is 15.4 Å². The maximum Gasteiger partial charge on any atom is 0.418 e. The number of nitrogens with one attached hydrogen (secondary N) is 3. The number of nitrogens with zero attached hydrogens (tertiary/aromatic N) is 2. The molecule has 5 rings (SSSR count). The molecule has 0 amide bonds. The molecule has 3 aromatic rings. The van der Waals surface area contributed by atoms with E-state index in [1.165, 1.54) is 0 Å². The number of fused-ring (bicyclic) bond motifs is 2. The van der Waals surface area contributed by atoms with Gasteiger partial charge in [-0.15, -0.1) is 0 Å². The smallest absolute Gasteiger partial charge is 0.418 e. The van der Waals surface area contributed by atoms with Crippen LogP contribution in [0, 0.1) is 0 Å². The van der Waals surface area contributed by atoms with Crippen LogP contribution in [0.15, 0.2) is 24.4 Å². The number of alkyl halides is 3. The molecule has 29 heavy (non-hydrogen) atoms. The summed E-state index contributed by atoms with van der Waals surface area (Å²) < 4.78 is 46.2. The fourth-order valence-corrected chi connectivity index (χ4v) is 4.11. The molecule has 2 aliphatic rings. The van der Waals surface area contributed by atoms with Crippen molar-refractivity contribution in [1.29, 1.82) is 0 Å². The topological polar surface area (TPSA) is 74.9 Å². The van der Waals surface area contributed by atoms with E-state index in [0.29, 0.717) is 12.3 Å². The van der Waals surface area contributed by atoms with Gasteiger partial charge in [0.2, 0.25) is 5.95 Å². The number of aromatic nitrogens is 3. The highest BCUT2D eigenvalue weighted by atomic mass is 19.4. The number of benzene rings is 1. The predicted octanol–water partition coefficient (Wildman–Crippen LogP) is 5.01. The number of hydrogen-bond acceptors (Lipinski definition) is 5. The minimum absolute atomic E-state index is 0.0236. The third-order valence-corrected chi connectivity index (χ3v) is 5.49. The molecule has 0 unspecified atom stereocenters. The summed E-state index contributed by atoms with van der Waals surface area (Å²) in [7, 11) is 0. The average Bonchev–Trinajstić information content (AvgIpc) is 3.41. The molecule has 0 radical (unpaired) electrons. The molecule has 1 aromatic carbocycles. The molecule has 1 fully saturated rings. The molecule has 1 aliphatic carbocycles. The minimum Gasteiger partial charge on any atom is -0.491 e. The highest BCUT2D eigenvalue weighted by molar-refractivity contribution is 5.92. The Bertz CT molecular complexity index is 1060. The second-order valence-corrected chi connectivity index (χ2v) is 7.46. The molecular weight excluding hydrogens is 383 g/mol. The van der Waals surface area contributed by atoms with Gasteiger partial charge in [0.25, 0.3) is 0 Å². The summed E-state index contributed by atoms with van der Waals surface area (Å²) in [5, 5.41) is 6.32. The maximum atomic E-state index is 13.5. The summed E-state index contributed by atoms with van der Waals surface area (Å²) in [5.74, 6) is 1.16. The Morgan fingerprint density at radius 3 is 2.76 bits per heavy atom. The first kappa shape index (κ1) is 18.1. The van der Waals surface area contributed by atoms with E-state index in [1.807, 2.05) is 18.2 Å². The van der Waals surface area contributed by atoms with Crippen LogP contribution in [0.25, 0.3) is 11.0 Å². The van der Waals surface area contributed by atoms with Crippen molar-refractivity contribution in [2.75, 3.05) is 17.2 Å². The molecule has 6 nitrogen and oxygen atoms in total. The summed E-state index contributed by atoms with van der Waals surface area (Å²) >= 11 is 0. The minimum atomic E-state index is -4.49. The molecule has 2 aromatic heterocycles. The second kappa shape index (κ2) is 6.82. The van der Waals surface area contributed by atoms with E-state index in [4.69, 9.17) is 4.74 Å². The van der Waals surface area contributed by atoms with Gasteiger partial charge in [-0.2, -0.15) is 23.1 Å². The van der Waals surface area contributed by atoms with E-state index in [2.05, 4.69) is 25.6 Å². The monoisotopic (exact) mass is 403 g/mol.